The van der Waals surface area contributed by atoms with Gasteiger partial charge in [-0.1, -0.05) is 0 Å². The molecule has 0 spiro atoms. The van der Waals surface area contributed by atoms with Crippen LogP contribution in [-0.4, -0.2) is 33.9 Å². The molecule has 21 heavy (non-hydrogen) atoms. The molecule has 6 heteroatoms. The molecule has 0 atom stereocenters. The zero-order valence-electron chi connectivity index (χ0n) is 12.5. The summed E-state index contributed by atoms with van der Waals surface area (Å²) in [6.45, 7) is 7.45. The standard InChI is InChI=1S/C15H19N5O/c1-11(2)20-10-13(8-17-20)18-6-7-19(15(18)21)14-9-16-5-4-12(14)3/h4-5,8-11H,6-7H2,1-3H3. The summed E-state index contributed by atoms with van der Waals surface area (Å²) < 4.78 is 1.86. The SMILES string of the molecule is Cc1ccncc1N1CCN(c2cnn(C(C)C)c2)C1=O. The molecule has 6 nitrogen and oxygen atoms in total. The Morgan fingerprint density at radius 2 is 1.95 bits per heavy atom. The number of anilines is 2. The molecule has 0 unspecified atom stereocenters. The van der Waals surface area contributed by atoms with Crippen molar-refractivity contribution in [1.82, 2.24) is 14.8 Å². The predicted molar refractivity (Wildman–Crippen MR) is 81.7 cm³/mol. The number of pyridine rings is 1. The summed E-state index contributed by atoms with van der Waals surface area (Å²) in [7, 11) is 0. The first-order valence-corrected chi connectivity index (χ1v) is 7.11. The second-order valence-corrected chi connectivity index (χ2v) is 5.52. The minimum atomic E-state index is -0.0191. The van der Waals surface area contributed by atoms with Crippen LogP contribution in [0.2, 0.25) is 0 Å². The molecule has 1 fully saturated rings. The molecule has 3 rings (SSSR count). The highest BCUT2D eigenvalue weighted by Crippen LogP contribution is 2.26. The third-order valence-corrected chi connectivity index (χ3v) is 3.74. The zero-order chi connectivity index (χ0) is 15.0. The molecule has 2 amide bonds. The lowest BCUT2D eigenvalue weighted by Crippen LogP contribution is -2.32. The molecule has 110 valence electrons. The van der Waals surface area contributed by atoms with Gasteiger partial charge in [-0.05, 0) is 32.4 Å². The van der Waals surface area contributed by atoms with E-state index in [-0.39, 0.29) is 12.1 Å². The summed E-state index contributed by atoms with van der Waals surface area (Å²) in [4.78, 5) is 20.3. The molecule has 0 bridgehead atoms. The van der Waals surface area contributed by atoms with Crippen molar-refractivity contribution in [3.8, 4) is 0 Å². The number of hydrogen-bond donors (Lipinski definition) is 0. The van der Waals surface area contributed by atoms with Gasteiger partial charge in [0.25, 0.3) is 0 Å². The first-order chi connectivity index (χ1) is 10.1. The Bertz CT molecular complexity index is 664. The van der Waals surface area contributed by atoms with Crippen LogP contribution in [0.15, 0.2) is 30.9 Å². The summed E-state index contributed by atoms with van der Waals surface area (Å²) in [5.41, 5.74) is 2.78. The van der Waals surface area contributed by atoms with Gasteiger partial charge in [0.1, 0.15) is 0 Å². The van der Waals surface area contributed by atoms with E-state index in [1.54, 1.807) is 28.4 Å². The summed E-state index contributed by atoms with van der Waals surface area (Å²) in [5.74, 6) is 0. The summed E-state index contributed by atoms with van der Waals surface area (Å²) >= 11 is 0. The number of hydrogen-bond acceptors (Lipinski definition) is 3. The van der Waals surface area contributed by atoms with Crippen molar-refractivity contribution in [2.75, 3.05) is 22.9 Å². The van der Waals surface area contributed by atoms with Crippen LogP contribution in [0.1, 0.15) is 25.5 Å². The van der Waals surface area contributed by atoms with Gasteiger partial charge in [0.05, 0.1) is 23.8 Å². The van der Waals surface area contributed by atoms with Crippen LogP contribution in [0.3, 0.4) is 0 Å². The molecule has 1 aliphatic rings. The van der Waals surface area contributed by atoms with Crippen LogP contribution >= 0.6 is 0 Å². The topological polar surface area (TPSA) is 54.3 Å². The van der Waals surface area contributed by atoms with Crippen molar-refractivity contribution in [3.05, 3.63) is 36.4 Å². The van der Waals surface area contributed by atoms with Crippen molar-refractivity contribution >= 4 is 17.4 Å². The van der Waals surface area contributed by atoms with Crippen molar-refractivity contribution in [3.63, 3.8) is 0 Å². The minimum absolute atomic E-state index is 0.0191. The zero-order valence-corrected chi connectivity index (χ0v) is 12.5. The summed E-state index contributed by atoms with van der Waals surface area (Å²) in [5, 5.41) is 4.30. The maximum Gasteiger partial charge on any atom is 0.329 e. The smallest absolute Gasteiger partial charge is 0.290 e. The Kier molecular flexibility index (Phi) is 3.37. The maximum absolute atomic E-state index is 12.6. The van der Waals surface area contributed by atoms with Gasteiger partial charge in [-0.3, -0.25) is 19.5 Å². The molecule has 3 heterocycles. The number of aryl methyl sites for hydroxylation is 1. The Balaban J connectivity index is 1.85. The highest BCUT2D eigenvalue weighted by Gasteiger charge is 2.32. The van der Waals surface area contributed by atoms with Crippen LogP contribution in [0.5, 0.6) is 0 Å². The maximum atomic E-state index is 12.6. The Morgan fingerprint density at radius 3 is 2.62 bits per heavy atom. The molecule has 0 aliphatic carbocycles. The lowest BCUT2D eigenvalue weighted by molar-refractivity contribution is 0.256. The van der Waals surface area contributed by atoms with Crippen LogP contribution in [0, 0.1) is 6.92 Å². The lowest BCUT2D eigenvalue weighted by Gasteiger charge is -2.18. The minimum Gasteiger partial charge on any atom is -0.290 e. The lowest BCUT2D eigenvalue weighted by atomic mass is 10.2. The normalized spacial score (nSPS) is 15.3. The van der Waals surface area contributed by atoms with Crippen LogP contribution in [0.4, 0.5) is 16.2 Å². The predicted octanol–water partition coefficient (Wildman–Crippen LogP) is 2.61. The largest absolute Gasteiger partial charge is 0.329 e. The molecular weight excluding hydrogens is 266 g/mol. The first kappa shape index (κ1) is 13.6. The van der Waals surface area contributed by atoms with Crippen molar-refractivity contribution in [1.29, 1.82) is 0 Å². The summed E-state index contributed by atoms with van der Waals surface area (Å²) in [6, 6.07) is 2.18. The monoisotopic (exact) mass is 285 g/mol. The number of nitrogens with zero attached hydrogens (tertiary/aromatic N) is 5. The van der Waals surface area contributed by atoms with Crippen LogP contribution < -0.4 is 9.80 Å². The van der Waals surface area contributed by atoms with E-state index in [9.17, 15) is 4.79 Å². The van der Waals surface area contributed by atoms with Gasteiger partial charge in [0, 0.05) is 31.5 Å². The highest BCUT2D eigenvalue weighted by atomic mass is 16.2. The van der Waals surface area contributed by atoms with E-state index in [0.717, 1.165) is 16.9 Å². The van der Waals surface area contributed by atoms with E-state index >= 15 is 0 Å². The molecule has 1 saturated heterocycles. The molecule has 2 aromatic heterocycles. The fourth-order valence-corrected chi connectivity index (χ4v) is 2.49. The van der Waals surface area contributed by atoms with Gasteiger partial charge in [-0.2, -0.15) is 5.10 Å². The van der Waals surface area contributed by atoms with Gasteiger partial charge in [-0.15, -0.1) is 0 Å². The second kappa shape index (κ2) is 5.20. The van der Waals surface area contributed by atoms with E-state index < -0.39 is 0 Å². The van der Waals surface area contributed by atoms with Gasteiger partial charge in [-0.25, -0.2) is 4.79 Å². The van der Waals surface area contributed by atoms with E-state index in [1.165, 1.54) is 0 Å². The Morgan fingerprint density at radius 1 is 1.19 bits per heavy atom. The van der Waals surface area contributed by atoms with Gasteiger partial charge >= 0.3 is 6.03 Å². The fourth-order valence-electron chi connectivity index (χ4n) is 2.49. The number of carbonyl (C=O) groups excluding carboxylic acids is 1. The molecule has 0 aromatic carbocycles. The van der Waals surface area contributed by atoms with Crippen molar-refractivity contribution in [2.45, 2.75) is 26.8 Å². The molecule has 0 N–H and O–H groups in total. The fraction of sp³-hybridized carbons (Fsp3) is 0.400. The molecule has 0 radical (unpaired) electrons. The van der Waals surface area contributed by atoms with Crippen molar-refractivity contribution in [2.24, 2.45) is 0 Å². The van der Waals surface area contributed by atoms with Gasteiger partial charge < -0.3 is 0 Å². The second-order valence-electron chi connectivity index (χ2n) is 5.52. The number of rotatable bonds is 3. The third kappa shape index (κ3) is 2.37. The Hall–Kier alpha value is -2.37. The Labute approximate surface area is 124 Å². The van der Waals surface area contributed by atoms with Crippen LogP contribution in [-0.2, 0) is 0 Å². The quantitative estimate of drug-likeness (QED) is 0.871. The van der Waals surface area contributed by atoms with E-state index in [4.69, 9.17) is 0 Å². The number of urea groups is 1. The molecule has 1 aliphatic heterocycles. The number of carbonyl (C=O) groups is 1. The first-order valence-electron chi connectivity index (χ1n) is 7.11. The number of aromatic nitrogens is 3. The van der Waals surface area contributed by atoms with Gasteiger partial charge in [0.2, 0.25) is 0 Å². The van der Waals surface area contributed by atoms with Crippen molar-refractivity contribution < 1.29 is 4.79 Å². The van der Waals surface area contributed by atoms with Crippen LogP contribution in [0.25, 0.3) is 0 Å². The number of amides is 2. The summed E-state index contributed by atoms with van der Waals surface area (Å²) in [6.07, 6.45) is 7.15. The van der Waals surface area contributed by atoms with E-state index in [0.29, 0.717) is 13.1 Å². The average molecular weight is 285 g/mol. The molecular formula is C15H19N5O. The van der Waals surface area contributed by atoms with Gasteiger partial charge in [0.15, 0.2) is 0 Å². The molecule has 0 saturated carbocycles. The van der Waals surface area contributed by atoms with E-state index in [2.05, 4.69) is 23.9 Å². The highest BCUT2D eigenvalue weighted by molar-refractivity contribution is 6.06. The van der Waals surface area contributed by atoms with E-state index in [1.807, 2.05) is 23.9 Å². The average Bonchev–Trinajstić information content (AvgIpc) is 3.06. The molecule has 2 aromatic rings. The third-order valence-electron chi connectivity index (χ3n) is 3.74.